The number of amides is 4. The van der Waals surface area contributed by atoms with Crippen LogP contribution in [0.15, 0.2) is 28.6 Å². The molecule has 1 aliphatic heterocycles. The highest BCUT2D eigenvalue weighted by Crippen LogP contribution is 2.39. The molecule has 4 amide bonds. The van der Waals surface area contributed by atoms with Crippen LogP contribution in [-0.2, 0) is 21.5 Å². The average Bonchev–Trinajstić information content (AvgIpc) is 3.21. The van der Waals surface area contributed by atoms with Crippen molar-refractivity contribution in [3.05, 3.63) is 35.4 Å². The molecule has 1 spiro atoms. The monoisotopic (exact) mass is 417 g/mol. The maximum absolute atomic E-state index is 13.2. The average molecular weight is 418 g/mol. The molecule has 10 heteroatoms. The highest BCUT2D eigenvalue weighted by molar-refractivity contribution is 8.01. The number of thioether (sulfide) groups is 1. The summed E-state index contributed by atoms with van der Waals surface area (Å²) in [6.07, 6.45) is 2.20. The molecule has 1 aromatic carbocycles. The first kappa shape index (κ1) is 18.9. The molecule has 1 saturated heterocycles. The first-order valence-corrected chi connectivity index (χ1v) is 10.8. The van der Waals surface area contributed by atoms with Gasteiger partial charge in [0.25, 0.3) is 5.91 Å². The van der Waals surface area contributed by atoms with Gasteiger partial charge < -0.3 is 5.32 Å². The fourth-order valence-corrected chi connectivity index (χ4v) is 5.36. The first-order valence-electron chi connectivity index (χ1n) is 9.02. The Labute approximate surface area is 170 Å². The van der Waals surface area contributed by atoms with Gasteiger partial charge in [-0.3, -0.25) is 19.8 Å². The Morgan fingerprint density at radius 2 is 2.18 bits per heavy atom. The molecule has 1 aromatic heterocycles. The summed E-state index contributed by atoms with van der Waals surface area (Å²) in [4.78, 5) is 39.1. The lowest BCUT2D eigenvalue weighted by Gasteiger charge is -2.33. The largest absolute Gasteiger partial charge is 0.325 e. The second-order valence-electron chi connectivity index (χ2n) is 6.59. The van der Waals surface area contributed by atoms with E-state index >= 15 is 0 Å². The van der Waals surface area contributed by atoms with Crippen LogP contribution in [0.5, 0.6) is 0 Å². The topological polar surface area (TPSA) is 104 Å². The van der Waals surface area contributed by atoms with Crippen LogP contribution in [0.4, 0.5) is 9.93 Å². The van der Waals surface area contributed by atoms with E-state index in [1.165, 1.54) is 23.1 Å². The number of hydrogen-bond acceptors (Lipinski definition) is 7. The van der Waals surface area contributed by atoms with Crippen molar-refractivity contribution in [3.63, 3.8) is 0 Å². The van der Waals surface area contributed by atoms with Crippen molar-refractivity contribution in [3.8, 4) is 0 Å². The van der Waals surface area contributed by atoms with Crippen LogP contribution >= 0.6 is 23.1 Å². The molecule has 0 unspecified atom stereocenters. The van der Waals surface area contributed by atoms with E-state index in [1.807, 2.05) is 31.2 Å². The summed E-state index contributed by atoms with van der Waals surface area (Å²) in [5, 5.41) is 13.7. The molecule has 8 nitrogen and oxygen atoms in total. The van der Waals surface area contributed by atoms with Crippen molar-refractivity contribution in [2.24, 2.45) is 0 Å². The van der Waals surface area contributed by atoms with Gasteiger partial charge in [0.2, 0.25) is 11.0 Å². The Morgan fingerprint density at radius 3 is 3.00 bits per heavy atom. The van der Waals surface area contributed by atoms with E-state index in [4.69, 9.17) is 0 Å². The zero-order chi connectivity index (χ0) is 19.7. The molecule has 4 rings (SSSR count). The predicted octanol–water partition coefficient (Wildman–Crippen LogP) is 2.37. The van der Waals surface area contributed by atoms with E-state index in [0.29, 0.717) is 11.6 Å². The SMILES string of the molecule is CCSc1nnc(NC(=O)CN2C(=O)N[C@@]3(CCCc4ccccc43)C2=O)s1. The Bertz CT molecular complexity index is 947. The fourth-order valence-electron chi connectivity index (χ4n) is 3.70. The predicted molar refractivity (Wildman–Crippen MR) is 106 cm³/mol. The number of fused-ring (bicyclic) bond motifs is 2. The lowest BCUT2D eigenvalue weighted by Crippen LogP contribution is -2.47. The molecule has 2 aromatic rings. The van der Waals surface area contributed by atoms with Crippen molar-refractivity contribution in [2.45, 2.75) is 36.1 Å². The smallest absolute Gasteiger partial charge is 0.319 e. The Morgan fingerprint density at radius 1 is 1.36 bits per heavy atom. The molecule has 0 saturated carbocycles. The number of nitrogens with one attached hydrogen (secondary N) is 2. The second-order valence-corrected chi connectivity index (χ2v) is 9.08. The molecule has 1 aliphatic carbocycles. The summed E-state index contributed by atoms with van der Waals surface area (Å²) in [6, 6.07) is 7.10. The van der Waals surface area contributed by atoms with Gasteiger partial charge >= 0.3 is 6.03 Å². The van der Waals surface area contributed by atoms with E-state index in [9.17, 15) is 14.4 Å². The lowest BCUT2D eigenvalue weighted by atomic mass is 9.76. The number of carbonyl (C=O) groups excluding carboxylic acids is 3. The van der Waals surface area contributed by atoms with Crippen LogP contribution in [-0.4, -0.2) is 45.2 Å². The highest BCUT2D eigenvalue weighted by Gasteiger charge is 2.54. The molecule has 146 valence electrons. The van der Waals surface area contributed by atoms with Crippen LogP contribution in [0, 0.1) is 0 Å². The van der Waals surface area contributed by atoms with Gasteiger partial charge in [0.15, 0.2) is 4.34 Å². The van der Waals surface area contributed by atoms with E-state index < -0.39 is 17.5 Å². The minimum Gasteiger partial charge on any atom is -0.319 e. The first-order chi connectivity index (χ1) is 13.5. The number of rotatable bonds is 5. The number of hydrogen-bond donors (Lipinski definition) is 2. The van der Waals surface area contributed by atoms with E-state index in [2.05, 4.69) is 20.8 Å². The number of carbonyl (C=O) groups is 3. The van der Waals surface area contributed by atoms with Crippen molar-refractivity contribution < 1.29 is 14.4 Å². The molecule has 2 aliphatic rings. The molecule has 0 bridgehead atoms. The maximum Gasteiger partial charge on any atom is 0.325 e. The summed E-state index contributed by atoms with van der Waals surface area (Å²) >= 11 is 2.79. The van der Waals surface area contributed by atoms with Gasteiger partial charge in [0.1, 0.15) is 12.1 Å². The zero-order valence-electron chi connectivity index (χ0n) is 15.2. The van der Waals surface area contributed by atoms with Gasteiger partial charge in [-0.05, 0) is 36.1 Å². The number of imide groups is 1. The number of benzene rings is 1. The van der Waals surface area contributed by atoms with Crippen LogP contribution in [0.25, 0.3) is 0 Å². The minimum atomic E-state index is -1.07. The standard InChI is InChI=1S/C18H19N5O3S2/c1-2-27-17-22-21-15(28-17)19-13(24)10-23-14(25)18(20-16(23)26)9-5-7-11-6-3-4-8-12(11)18/h3-4,6,8H,2,5,7,9-10H2,1H3,(H,20,26)(H,19,21,24)/t18-/m1/s1. The van der Waals surface area contributed by atoms with Gasteiger partial charge in [0, 0.05) is 0 Å². The molecule has 2 heterocycles. The number of urea groups is 1. The molecule has 0 radical (unpaired) electrons. The Hall–Kier alpha value is -2.46. The van der Waals surface area contributed by atoms with Crippen molar-refractivity contribution >= 4 is 46.1 Å². The van der Waals surface area contributed by atoms with Crippen LogP contribution < -0.4 is 10.6 Å². The normalized spacial score (nSPS) is 21.0. The third kappa shape index (κ3) is 3.26. The number of aromatic nitrogens is 2. The fraction of sp³-hybridized carbons (Fsp3) is 0.389. The van der Waals surface area contributed by atoms with Crippen molar-refractivity contribution in [2.75, 3.05) is 17.6 Å². The minimum absolute atomic E-state index is 0.353. The van der Waals surface area contributed by atoms with Crippen molar-refractivity contribution in [1.82, 2.24) is 20.4 Å². The number of nitrogens with zero attached hydrogens (tertiary/aromatic N) is 3. The quantitative estimate of drug-likeness (QED) is 0.440. The van der Waals surface area contributed by atoms with Gasteiger partial charge in [-0.2, -0.15) is 0 Å². The Kier molecular flexibility index (Phi) is 5.07. The summed E-state index contributed by atoms with van der Waals surface area (Å²) in [5.41, 5.74) is 0.816. The van der Waals surface area contributed by atoms with Crippen molar-refractivity contribution in [1.29, 1.82) is 0 Å². The van der Waals surface area contributed by atoms with E-state index in [0.717, 1.165) is 39.0 Å². The van der Waals surface area contributed by atoms with E-state index in [-0.39, 0.29) is 12.5 Å². The summed E-state index contributed by atoms with van der Waals surface area (Å²) < 4.78 is 0.755. The van der Waals surface area contributed by atoms with Gasteiger partial charge in [-0.15, -0.1) is 10.2 Å². The van der Waals surface area contributed by atoms with Gasteiger partial charge in [-0.25, -0.2) is 4.79 Å². The summed E-state index contributed by atoms with van der Waals surface area (Å²) in [7, 11) is 0. The maximum atomic E-state index is 13.2. The summed E-state index contributed by atoms with van der Waals surface area (Å²) in [5.74, 6) is 0.00216. The Balaban J connectivity index is 1.50. The molecular formula is C18H19N5O3S2. The number of anilines is 1. The van der Waals surface area contributed by atoms with Gasteiger partial charge in [0.05, 0.1) is 0 Å². The number of aryl methyl sites for hydroxylation is 1. The van der Waals surface area contributed by atoms with Crippen LogP contribution in [0.2, 0.25) is 0 Å². The highest BCUT2D eigenvalue weighted by atomic mass is 32.2. The zero-order valence-corrected chi connectivity index (χ0v) is 16.9. The third-order valence-corrected chi connectivity index (χ3v) is 6.73. The molecule has 1 atom stereocenters. The molecule has 28 heavy (non-hydrogen) atoms. The molecular weight excluding hydrogens is 398 g/mol. The van der Waals surface area contributed by atoms with Crippen LogP contribution in [0.3, 0.4) is 0 Å². The second kappa shape index (κ2) is 7.51. The van der Waals surface area contributed by atoms with Gasteiger partial charge in [-0.1, -0.05) is 54.3 Å². The third-order valence-electron chi connectivity index (χ3n) is 4.87. The van der Waals surface area contributed by atoms with E-state index in [1.54, 1.807) is 0 Å². The van der Waals surface area contributed by atoms with Crippen LogP contribution in [0.1, 0.15) is 30.9 Å². The summed E-state index contributed by atoms with van der Waals surface area (Å²) in [6.45, 7) is 1.64. The lowest BCUT2D eigenvalue weighted by molar-refractivity contribution is -0.134. The molecule has 2 N–H and O–H groups in total. The molecule has 1 fully saturated rings.